The zero-order valence-corrected chi connectivity index (χ0v) is 21.4. The summed E-state index contributed by atoms with van der Waals surface area (Å²) >= 11 is 0. The Hall–Kier alpha value is -3.08. The molecule has 0 aliphatic heterocycles. The van der Waals surface area contributed by atoms with Crippen LogP contribution in [-0.4, -0.2) is 50.5 Å². The summed E-state index contributed by atoms with van der Waals surface area (Å²) in [6.45, 7) is 3.98. The van der Waals surface area contributed by atoms with Crippen LogP contribution < -0.4 is 9.62 Å². The number of hydrogen-bond donors (Lipinski definition) is 1. The number of benzene rings is 2. The third-order valence-corrected chi connectivity index (χ3v) is 6.74. The molecule has 0 spiro atoms. The molecule has 0 saturated carbocycles. The van der Waals surface area contributed by atoms with Gasteiger partial charge in [0, 0.05) is 26.1 Å². The van der Waals surface area contributed by atoms with E-state index in [1.54, 1.807) is 13.8 Å². The molecule has 1 atom stereocenters. The van der Waals surface area contributed by atoms with Crippen molar-refractivity contribution in [3.05, 3.63) is 65.7 Å². The molecular weight excluding hydrogens is 495 g/mol. The monoisotopic (exact) mass is 527 g/mol. The van der Waals surface area contributed by atoms with E-state index in [4.69, 9.17) is 0 Å². The molecule has 198 valence electrons. The number of anilines is 1. The lowest BCUT2D eigenvalue weighted by Crippen LogP contribution is -2.49. The summed E-state index contributed by atoms with van der Waals surface area (Å²) in [5, 5.41) is 2.74. The van der Waals surface area contributed by atoms with Crippen molar-refractivity contribution in [3.63, 3.8) is 0 Å². The first kappa shape index (κ1) is 29.2. The number of carbonyl (C=O) groups excluding carboxylic acids is 2. The van der Waals surface area contributed by atoms with Gasteiger partial charge in [0.2, 0.25) is 21.8 Å². The fourth-order valence-electron chi connectivity index (χ4n) is 3.83. The van der Waals surface area contributed by atoms with Gasteiger partial charge >= 0.3 is 6.18 Å². The molecule has 0 aromatic heterocycles. The summed E-state index contributed by atoms with van der Waals surface area (Å²) in [4.78, 5) is 27.3. The Labute approximate surface area is 210 Å². The van der Waals surface area contributed by atoms with E-state index in [9.17, 15) is 31.2 Å². The van der Waals surface area contributed by atoms with Crippen molar-refractivity contribution < 1.29 is 31.2 Å². The summed E-state index contributed by atoms with van der Waals surface area (Å²) in [6, 6.07) is 12.5. The van der Waals surface area contributed by atoms with Crippen molar-refractivity contribution >= 4 is 27.5 Å². The Morgan fingerprint density at radius 1 is 1.03 bits per heavy atom. The van der Waals surface area contributed by atoms with Crippen LogP contribution in [0.4, 0.5) is 18.9 Å². The number of rotatable bonds is 12. The number of likely N-dealkylation sites (N-methyl/N-ethyl adjacent to an activating group) is 1. The second kappa shape index (κ2) is 12.8. The number of hydrogen-bond acceptors (Lipinski definition) is 4. The highest BCUT2D eigenvalue weighted by Crippen LogP contribution is 2.32. The van der Waals surface area contributed by atoms with Gasteiger partial charge in [0.05, 0.1) is 17.5 Å². The maximum absolute atomic E-state index is 13.2. The van der Waals surface area contributed by atoms with Crippen LogP contribution in [0.25, 0.3) is 0 Å². The van der Waals surface area contributed by atoms with Gasteiger partial charge in [-0.3, -0.25) is 13.9 Å². The maximum Gasteiger partial charge on any atom is 0.416 e. The number of alkyl halides is 3. The molecule has 0 unspecified atom stereocenters. The molecule has 2 rings (SSSR count). The van der Waals surface area contributed by atoms with Gasteiger partial charge in [-0.15, -0.1) is 0 Å². The molecule has 1 N–H and O–H groups in total. The van der Waals surface area contributed by atoms with Crippen LogP contribution in [0.15, 0.2) is 54.6 Å². The van der Waals surface area contributed by atoms with Gasteiger partial charge in [0.1, 0.15) is 6.04 Å². The number of carbonyl (C=O) groups is 2. The lowest BCUT2D eigenvalue weighted by Gasteiger charge is -2.31. The highest BCUT2D eigenvalue weighted by Gasteiger charge is 2.32. The lowest BCUT2D eigenvalue weighted by molar-refractivity contribution is -0.141. The Balaban J connectivity index is 2.22. The molecule has 0 heterocycles. The normalized spacial score (nSPS) is 12.6. The van der Waals surface area contributed by atoms with Gasteiger partial charge in [-0.2, -0.15) is 13.2 Å². The number of halogens is 3. The first-order valence-electron chi connectivity index (χ1n) is 11.6. The molecule has 2 aromatic carbocycles. The Morgan fingerprint density at radius 2 is 1.69 bits per heavy atom. The van der Waals surface area contributed by atoms with Gasteiger partial charge in [-0.05, 0) is 43.5 Å². The Kier molecular flexibility index (Phi) is 10.3. The van der Waals surface area contributed by atoms with Crippen molar-refractivity contribution in [3.8, 4) is 0 Å². The van der Waals surface area contributed by atoms with Crippen LogP contribution in [0, 0.1) is 0 Å². The molecule has 2 amide bonds. The predicted octanol–water partition coefficient (Wildman–Crippen LogP) is 4.20. The third-order valence-electron chi connectivity index (χ3n) is 5.55. The van der Waals surface area contributed by atoms with Crippen molar-refractivity contribution in [1.82, 2.24) is 10.2 Å². The molecule has 36 heavy (non-hydrogen) atoms. The summed E-state index contributed by atoms with van der Waals surface area (Å²) in [7, 11) is -3.91. The average Bonchev–Trinajstić information content (AvgIpc) is 2.81. The Morgan fingerprint density at radius 3 is 2.25 bits per heavy atom. The van der Waals surface area contributed by atoms with Crippen molar-refractivity contribution in [1.29, 1.82) is 0 Å². The quantitative estimate of drug-likeness (QED) is 0.448. The molecule has 11 heteroatoms. The van der Waals surface area contributed by atoms with E-state index in [-0.39, 0.29) is 43.4 Å². The molecule has 2 aromatic rings. The first-order valence-corrected chi connectivity index (χ1v) is 13.5. The van der Waals surface area contributed by atoms with E-state index in [2.05, 4.69) is 5.32 Å². The van der Waals surface area contributed by atoms with Gasteiger partial charge in [-0.1, -0.05) is 43.3 Å². The fourth-order valence-corrected chi connectivity index (χ4v) is 4.79. The predicted molar refractivity (Wildman–Crippen MR) is 133 cm³/mol. The molecule has 0 fully saturated rings. The van der Waals surface area contributed by atoms with Gasteiger partial charge < -0.3 is 10.2 Å². The van der Waals surface area contributed by atoms with E-state index in [1.807, 2.05) is 30.3 Å². The second-order valence-electron chi connectivity index (χ2n) is 8.31. The van der Waals surface area contributed by atoms with E-state index in [1.165, 1.54) is 11.0 Å². The number of nitrogens with one attached hydrogen (secondary N) is 1. The molecule has 0 saturated heterocycles. The number of amides is 2. The van der Waals surface area contributed by atoms with E-state index in [0.717, 1.165) is 34.3 Å². The second-order valence-corrected chi connectivity index (χ2v) is 10.2. The maximum atomic E-state index is 13.2. The molecule has 0 aliphatic rings. The molecule has 7 nitrogen and oxygen atoms in total. The molecule has 0 aliphatic carbocycles. The SMILES string of the molecule is CCNC(=O)[C@@H](CC)N(Cc1ccccc1)C(=O)CCCN(c1cccc(C(F)(F)F)c1)S(C)(=O)=O. The van der Waals surface area contributed by atoms with Crippen molar-refractivity contribution in [2.45, 2.75) is 51.9 Å². The molecule has 0 radical (unpaired) electrons. The zero-order chi connectivity index (χ0) is 26.9. The standard InChI is InChI=1S/C25H32F3N3O4S/c1-4-22(24(33)29-5-2)30(18-19-11-7-6-8-12-19)23(32)15-10-16-31(36(3,34)35)21-14-9-13-20(17-21)25(26,27)28/h6-9,11-14,17,22H,4-5,10,15-16,18H2,1-3H3,(H,29,33)/t22-/m1/s1. The summed E-state index contributed by atoms with van der Waals surface area (Å²) in [5.74, 6) is -0.638. The van der Waals surface area contributed by atoms with E-state index < -0.39 is 27.8 Å². The smallest absolute Gasteiger partial charge is 0.355 e. The highest BCUT2D eigenvalue weighted by atomic mass is 32.2. The van der Waals surface area contributed by atoms with Gasteiger partial charge in [0.15, 0.2) is 0 Å². The van der Waals surface area contributed by atoms with Crippen LogP contribution >= 0.6 is 0 Å². The third kappa shape index (κ3) is 8.25. The minimum atomic E-state index is -4.62. The average molecular weight is 528 g/mol. The van der Waals surface area contributed by atoms with Crippen molar-refractivity contribution in [2.75, 3.05) is 23.7 Å². The lowest BCUT2D eigenvalue weighted by atomic mass is 10.1. The minimum absolute atomic E-state index is 0.0548. The fraction of sp³-hybridized carbons (Fsp3) is 0.440. The van der Waals surface area contributed by atoms with Gasteiger partial charge in [0.25, 0.3) is 0 Å². The van der Waals surface area contributed by atoms with Gasteiger partial charge in [-0.25, -0.2) is 8.42 Å². The van der Waals surface area contributed by atoms with E-state index in [0.29, 0.717) is 13.0 Å². The highest BCUT2D eigenvalue weighted by molar-refractivity contribution is 7.92. The van der Waals surface area contributed by atoms with Crippen LogP contribution in [0.5, 0.6) is 0 Å². The Bertz CT molecular complexity index is 1120. The number of sulfonamides is 1. The minimum Gasteiger partial charge on any atom is -0.355 e. The van der Waals surface area contributed by atoms with Crippen molar-refractivity contribution in [2.24, 2.45) is 0 Å². The first-order chi connectivity index (χ1) is 16.9. The van der Waals surface area contributed by atoms with Crippen LogP contribution in [-0.2, 0) is 32.3 Å². The summed E-state index contributed by atoms with van der Waals surface area (Å²) in [5.41, 5.74) is -0.267. The summed E-state index contributed by atoms with van der Waals surface area (Å²) < 4.78 is 65.0. The van der Waals surface area contributed by atoms with Crippen LogP contribution in [0.3, 0.4) is 0 Å². The topological polar surface area (TPSA) is 86.8 Å². The van der Waals surface area contributed by atoms with Crippen LogP contribution in [0.1, 0.15) is 44.2 Å². The molecule has 0 bridgehead atoms. The van der Waals surface area contributed by atoms with Crippen LogP contribution in [0.2, 0.25) is 0 Å². The van der Waals surface area contributed by atoms with E-state index >= 15 is 0 Å². The summed E-state index contributed by atoms with van der Waals surface area (Å²) in [6.07, 6.45) is -3.38. The number of nitrogens with zero attached hydrogens (tertiary/aromatic N) is 2. The molecular formula is C25H32F3N3O4S. The zero-order valence-electron chi connectivity index (χ0n) is 20.6. The largest absolute Gasteiger partial charge is 0.416 e.